The first-order valence-electron chi connectivity index (χ1n) is 12.9. The summed E-state index contributed by atoms with van der Waals surface area (Å²) in [6.45, 7) is 5.82. The predicted molar refractivity (Wildman–Crippen MR) is 136 cm³/mol. The number of nitrogens with zero attached hydrogens (tertiary/aromatic N) is 4. The van der Waals surface area contributed by atoms with Crippen molar-refractivity contribution in [3.63, 3.8) is 0 Å². The van der Waals surface area contributed by atoms with Crippen molar-refractivity contribution in [3.8, 4) is 0 Å². The van der Waals surface area contributed by atoms with Gasteiger partial charge >= 0.3 is 0 Å². The molecule has 1 amide bonds. The van der Waals surface area contributed by atoms with Gasteiger partial charge in [-0.25, -0.2) is 9.67 Å². The van der Waals surface area contributed by atoms with Crippen molar-refractivity contribution in [1.82, 2.24) is 25.0 Å². The Morgan fingerprint density at radius 2 is 1.82 bits per heavy atom. The van der Waals surface area contributed by atoms with Crippen molar-refractivity contribution in [3.05, 3.63) is 53.9 Å². The Morgan fingerprint density at radius 1 is 1.06 bits per heavy atom. The van der Waals surface area contributed by atoms with Crippen LogP contribution in [0.1, 0.15) is 73.8 Å². The smallest absolute Gasteiger partial charge is 0.255 e. The van der Waals surface area contributed by atoms with E-state index in [0.717, 1.165) is 61.3 Å². The molecule has 34 heavy (non-hydrogen) atoms. The molecule has 180 valence electrons. The summed E-state index contributed by atoms with van der Waals surface area (Å²) < 4.78 is 1.89. The third-order valence-electron chi connectivity index (χ3n) is 7.31. The van der Waals surface area contributed by atoms with E-state index in [1.807, 2.05) is 29.1 Å². The number of aryl methyl sites for hydroxylation is 1. The molecule has 1 aliphatic carbocycles. The Hall–Kier alpha value is -2.93. The number of amides is 1. The van der Waals surface area contributed by atoms with E-state index in [4.69, 9.17) is 0 Å². The minimum Gasteiger partial charge on any atom is -0.381 e. The third kappa shape index (κ3) is 4.94. The fourth-order valence-corrected chi connectivity index (χ4v) is 5.42. The first kappa shape index (κ1) is 22.8. The van der Waals surface area contributed by atoms with Gasteiger partial charge in [0.15, 0.2) is 5.65 Å². The lowest BCUT2D eigenvalue weighted by molar-refractivity contribution is 0.0927. The number of pyridine rings is 1. The quantitative estimate of drug-likeness (QED) is 0.507. The van der Waals surface area contributed by atoms with Crippen LogP contribution in [0.4, 0.5) is 5.69 Å². The van der Waals surface area contributed by atoms with Crippen LogP contribution in [0.3, 0.4) is 0 Å². The maximum atomic E-state index is 13.7. The summed E-state index contributed by atoms with van der Waals surface area (Å²) in [5, 5.41) is 12.5. The molecule has 2 aromatic heterocycles. The maximum absolute atomic E-state index is 13.7. The van der Waals surface area contributed by atoms with Crippen molar-refractivity contribution in [2.24, 2.45) is 0 Å². The van der Waals surface area contributed by atoms with Gasteiger partial charge in [0.1, 0.15) is 0 Å². The zero-order valence-electron chi connectivity index (χ0n) is 20.2. The molecule has 7 heteroatoms. The van der Waals surface area contributed by atoms with Crippen LogP contribution in [-0.2, 0) is 6.54 Å². The zero-order chi connectivity index (χ0) is 23.3. The molecular formula is C27H36N6O. The van der Waals surface area contributed by atoms with E-state index < -0.39 is 0 Å². The summed E-state index contributed by atoms with van der Waals surface area (Å²) >= 11 is 0. The summed E-state index contributed by atoms with van der Waals surface area (Å²) in [5.41, 5.74) is 3.45. The lowest BCUT2D eigenvalue weighted by Crippen LogP contribution is -2.37. The minimum absolute atomic E-state index is 0.0663. The molecule has 2 fully saturated rings. The molecule has 1 aromatic carbocycles. The van der Waals surface area contributed by atoms with Gasteiger partial charge in [-0.1, -0.05) is 49.6 Å². The Kier molecular flexibility index (Phi) is 7.09. The Bertz CT molecular complexity index is 1100. The fraction of sp³-hybridized carbons (Fsp3) is 0.519. The average molecular weight is 461 g/mol. The largest absolute Gasteiger partial charge is 0.381 e. The number of aromatic nitrogens is 3. The molecule has 1 aliphatic heterocycles. The van der Waals surface area contributed by atoms with E-state index in [1.165, 1.54) is 32.1 Å². The first-order chi connectivity index (χ1) is 16.7. The number of carbonyl (C=O) groups is 1. The van der Waals surface area contributed by atoms with Crippen molar-refractivity contribution in [2.45, 2.75) is 70.5 Å². The van der Waals surface area contributed by atoms with Gasteiger partial charge in [-0.05, 0) is 51.3 Å². The number of carbonyl (C=O) groups excluding carboxylic acids is 1. The Balaban J connectivity index is 1.46. The van der Waals surface area contributed by atoms with Gasteiger partial charge in [-0.2, -0.15) is 5.10 Å². The van der Waals surface area contributed by atoms with Crippen LogP contribution in [0.15, 0.2) is 42.7 Å². The first-order valence-corrected chi connectivity index (χ1v) is 12.9. The van der Waals surface area contributed by atoms with Gasteiger partial charge < -0.3 is 15.5 Å². The van der Waals surface area contributed by atoms with Crippen LogP contribution < -0.4 is 10.6 Å². The highest BCUT2D eigenvalue weighted by Crippen LogP contribution is 2.30. The van der Waals surface area contributed by atoms with Crippen LogP contribution in [0.25, 0.3) is 11.0 Å². The van der Waals surface area contributed by atoms with Crippen molar-refractivity contribution < 1.29 is 4.79 Å². The molecule has 2 N–H and O–H groups in total. The molecule has 1 saturated carbocycles. The minimum atomic E-state index is -0.0787. The zero-order valence-corrected chi connectivity index (χ0v) is 20.2. The summed E-state index contributed by atoms with van der Waals surface area (Å²) in [6.07, 6.45) is 12.1. The number of nitrogens with one attached hydrogen (secondary N) is 2. The molecule has 1 saturated heterocycles. The van der Waals surface area contributed by atoms with Gasteiger partial charge in [0.2, 0.25) is 0 Å². The van der Waals surface area contributed by atoms with Crippen LogP contribution in [0, 0.1) is 0 Å². The van der Waals surface area contributed by atoms with E-state index in [9.17, 15) is 4.79 Å². The molecule has 3 aromatic rings. The normalized spacial score (nSPS) is 18.3. The SMILES string of the molecule is CCn1ncc2c(NC3CCCCC3)c(C(=O)NC(CN3CCCC3)c3ccccc3)cnc21. The Morgan fingerprint density at radius 3 is 2.56 bits per heavy atom. The molecule has 1 unspecified atom stereocenters. The highest BCUT2D eigenvalue weighted by molar-refractivity contribution is 6.06. The van der Waals surface area contributed by atoms with Gasteiger partial charge in [0.25, 0.3) is 5.91 Å². The van der Waals surface area contributed by atoms with Crippen molar-refractivity contribution in [1.29, 1.82) is 0 Å². The highest BCUT2D eigenvalue weighted by Gasteiger charge is 2.25. The number of anilines is 1. The van der Waals surface area contributed by atoms with E-state index in [0.29, 0.717) is 11.6 Å². The lowest BCUT2D eigenvalue weighted by atomic mass is 9.95. The number of hydrogen-bond donors (Lipinski definition) is 2. The number of hydrogen-bond acceptors (Lipinski definition) is 5. The number of rotatable bonds is 8. The molecule has 0 radical (unpaired) electrons. The Labute approximate surface area is 201 Å². The molecule has 3 heterocycles. The van der Waals surface area contributed by atoms with E-state index >= 15 is 0 Å². The molecule has 5 rings (SSSR count). The fourth-order valence-electron chi connectivity index (χ4n) is 5.42. The van der Waals surface area contributed by atoms with Gasteiger partial charge in [0.05, 0.1) is 28.9 Å². The van der Waals surface area contributed by atoms with Gasteiger partial charge in [-0.3, -0.25) is 4.79 Å². The molecule has 0 bridgehead atoms. The summed E-state index contributed by atoms with van der Waals surface area (Å²) in [7, 11) is 0. The van der Waals surface area contributed by atoms with Crippen molar-refractivity contribution >= 4 is 22.6 Å². The summed E-state index contributed by atoms with van der Waals surface area (Å²) in [5.74, 6) is -0.0787. The van der Waals surface area contributed by atoms with E-state index in [-0.39, 0.29) is 11.9 Å². The second-order valence-corrected chi connectivity index (χ2v) is 9.67. The standard InChI is InChI=1S/C27H36N6O/c1-2-33-26-22(18-29-33)25(30-21-13-7-4-8-14-21)23(17-28-26)27(34)31-24(19-32-15-9-10-16-32)20-11-5-3-6-12-20/h3,5-6,11-12,17-18,21,24H,2,4,7-10,13-16,19H2,1H3,(H,28,30)(H,31,34). The summed E-state index contributed by atoms with van der Waals surface area (Å²) in [4.78, 5) is 20.9. The number of fused-ring (bicyclic) bond motifs is 1. The molecular weight excluding hydrogens is 424 g/mol. The van der Waals surface area contributed by atoms with E-state index in [2.05, 4.69) is 44.7 Å². The van der Waals surface area contributed by atoms with Crippen LogP contribution >= 0.6 is 0 Å². The molecule has 1 atom stereocenters. The second kappa shape index (κ2) is 10.6. The van der Waals surface area contributed by atoms with Crippen LogP contribution in [0.5, 0.6) is 0 Å². The molecule has 2 aliphatic rings. The van der Waals surface area contributed by atoms with Gasteiger partial charge in [-0.15, -0.1) is 0 Å². The van der Waals surface area contributed by atoms with E-state index in [1.54, 1.807) is 6.20 Å². The number of likely N-dealkylation sites (tertiary alicyclic amines) is 1. The highest BCUT2D eigenvalue weighted by atomic mass is 16.1. The van der Waals surface area contributed by atoms with Gasteiger partial charge in [0, 0.05) is 25.3 Å². The molecule has 0 spiro atoms. The van der Waals surface area contributed by atoms with Crippen molar-refractivity contribution in [2.75, 3.05) is 25.0 Å². The average Bonchev–Trinajstić information content (AvgIpc) is 3.55. The lowest BCUT2D eigenvalue weighted by Gasteiger charge is -2.27. The summed E-state index contributed by atoms with van der Waals surface area (Å²) in [6, 6.07) is 10.6. The topological polar surface area (TPSA) is 75.1 Å². The monoisotopic (exact) mass is 460 g/mol. The maximum Gasteiger partial charge on any atom is 0.255 e. The second-order valence-electron chi connectivity index (χ2n) is 9.67. The number of benzene rings is 1. The van der Waals surface area contributed by atoms with Crippen LogP contribution in [0.2, 0.25) is 0 Å². The molecule has 7 nitrogen and oxygen atoms in total. The predicted octanol–water partition coefficient (Wildman–Crippen LogP) is 4.76. The third-order valence-corrected chi connectivity index (χ3v) is 7.31. The van der Waals surface area contributed by atoms with Crippen LogP contribution in [-0.4, -0.2) is 51.2 Å².